The molecule has 0 radical (unpaired) electrons. The molecule has 0 saturated carbocycles. The van der Waals surface area contributed by atoms with Crippen molar-refractivity contribution in [3.05, 3.63) is 55.7 Å². The van der Waals surface area contributed by atoms with E-state index >= 15 is 0 Å². The number of benzene rings is 1. The van der Waals surface area contributed by atoms with Crippen molar-refractivity contribution in [1.82, 2.24) is 5.32 Å². The van der Waals surface area contributed by atoms with Crippen LogP contribution in [0.15, 0.2) is 34.8 Å². The molecule has 1 N–H and O–H groups in total. The largest absolute Gasteiger partial charge is 0.347 e. The fourth-order valence-electron chi connectivity index (χ4n) is 1.61. The Bertz CT molecular complexity index is 540. The Morgan fingerprint density at radius 3 is 2.50 bits per heavy atom. The molecule has 0 saturated heterocycles. The van der Waals surface area contributed by atoms with Gasteiger partial charge in [0.15, 0.2) is 0 Å². The van der Waals surface area contributed by atoms with Gasteiger partial charge in [0.1, 0.15) is 0 Å². The van der Waals surface area contributed by atoms with Crippen LogP contribution in [0.3, 0.4) is 0 Å². The minimum atomic E-state index is -0.0359. The summed E-state index contributed by atoms with van der Waals surface area (Å²) in [5.41, 5.74) is 1.97. The van der Waals surface area contributed by atoms with E-state index in [9.17, 15) is 4.79 Å². The lowest BCUT2D eigenvalue weighted by atomic mass is 10.2. The molecule has 0 unspecified atom stereocenters. The normalized spacial score (nSPS) is 10.4. The molecule has 94 valence electrons. The third kappa shape index (κ3) is 3.21. The van der Waals surface area contributed by atoms with Crippen LogP contribution in [0.2, 0.25) is 0 Å². The maximum Gasteiger partial charge on any atom is 0.251 e. The minimum Gasteiger partial charge on any atom is -0.347 e. The molecule has 2 aromatic rings. The summed E-state index contributed by atoms with van der Waals surface area (Å²) in [4.78, 5) is 14.4. The number of thiophene rings is 1. The number of aryl methyl sites for hydroxylation is 2. The van der Waals surface area contributed by atoms with E-state index in [1.54, 1.807) is 11.3 Å². The lowest BCUT2D eigenvalue weighted by Crippen LogP contribution is -2.22. The first-order valence-corrected chi connectivity index (χ1v) is 7.27. The molecule has 1 amide bonds. The van der Waals surface area contributed by atoms with Crippen LogP contribution in [0, 0.1) is 13.8 Å². The first-order chi connectivity index (χ1) is 8.56. The molecule has 0 aliphatic rings. The van der Waals surface area contributed by atoms with Crippen LogP contribution in [0.5, 0.6) is 0 Å². The number of hydrogen-bond acceptors (Lipinski definition) is 2. The highest BCUT2D eigenvalue weighted by Gasteiger charge is 2.06. The fraction of sp³-hybridized carbons (Fsp3) is 0.214. The predicted octanol–water partition coefficient (Wildman–Crippen LogP) is 4.06. The van der Waals surface area contributed by atoms with E-state index in [4.69, 9.17) is 0 Å². The van der Waals surface area contributed by atoms with Gasteiger partial charge in [-0.1, -0.05) is 15.9 Å². The topological polar surface area (TPSA) is 29.1 Å². The number of hydrogen-bond donors (Lipinski definition) is 1. The summed E-state index contributed by atoms with van der Waals surface area (Å²) < 4.78 is 0.976. The molecule has 2 rings (SSSR count). The lowest BCUT2D eigenvalue weighted by Gasteiger charge is -2.03. The Kier molecular flexibility index (Phi) is 4.19. The SMILES string of the molecule is Cc1cc(CNC(=O)c2ccc(Br)cc2)sc1C. The Balaban J connectivity index is 1.98. The number of rotatable bonds is 3. The number of carbonyl (C=O) groups excluding carboxylic acids is 1. The molecule has 1 aromatic carbocycles. The van der Waals surface area contributed by atoms with Crippen LogP contribution in [0.1, 0.15) is 25.7 Å². The van der Waals surface area contributed by atoms with Crippen molar-refractivity contribution in [1.29, 1.82) is 0 Å². The number of carbonyl (C=O) groups is 1. The van der Waals surface area contributed by atoms with E-state index in [0.29, 0.717) is 12.1 Å². The van der Waals surface area contributed by atoms with Gasteiger partial charge in [-0.15, -0.1) is 11.3 Å². The number of nitrogens with one attached hydrogen (secondary N) is 1. The Morgan fingerprint density at radius 1 is 1.28 bits per heavy atom. The van der Waals surface area contributed by atoms with Gasteiger partial charge in [0, 0.05) is 19.8 Å². The summed E-state index contributed by atoms with van der Waals surface area (Å²) in [7, 11) is 0. The molecule has 0 spiro atoms. The minimum absolute atomic E-state index is 0.0359. The Labute approximate surface area is 119 Å². The second kappa shape index (κ2) is 5.67. The van der Waals surface area contributed by atoms with Gasteiger partial charge in [0.25, 0.3) is 5.91 Å². The second-order valence-corrected chi connectivity index (χ2v) is 6.40. The third-order valence-electron chi connectivity index (χ3n) is 2.75. The zero-order chi connectivity index (χ0) is 13.1. The molecule has 0 atom stereocenters. The van der Waals surface area contributed by atoms with Gasteiger partial charge in [0.05, 0.1) is 6.54 Å². The smallest absolute Gasteiger partial charge is 0.251 e. The van der Waals surface area contributed by atoms with Gasteiger partial charge >= 0.3 is 0 Å². The lowest BCUT2D eigenvalue weighted by molar-refractivity contribution is 0.0951. The zero-order valence-corrected chi connectivity index (χ0v) is 12.7. The van der Waals surface area contributed by atoms with Crippen molar-refractivity contribution in [3.8, 4) is 0 Å². The van der Waals surface area contributed by atoms with E-state index in [2.05, 4.69) is 41.2 Å². The number of halogens is 1. The highest BCUT2D eigenvalue weighted by Crippen LogP contribution is 2.20. The maximum absolute atomic E-state index is 11.9. The van der Waals surface area contributed by atoms with E-state index in [1.807, 2.05) is 24.3 Å². The Morgan fingerprint density at radius 2 is 1.94 bits per heavy atom. The highest BCUT2D eigenvalue weighted by molar-refractivity contribution is 9.10. The van der Waals surface area contributed by atoms with Crippen molar-refractivity contribution in [2.45, 2.75) is 20.4 Å². The van der Waals surface area contributed by atoms with Gasteiger partial charge in [-0.3, -0.25) is 4.79 Å². The first kappa shape index (κ1) is 13.3. The van der Waals surface area contributed by atoms with E-state index in [0.717, 1.165) is 4.47 Å². The van der Waals surface area contributed by atoms with Crippen LogP contribution in [0.25, 0.3) is 0 Å². The van der Waals surface area contributed by atoms with Crippen molar-refractivity contribution in [2.24, 2.45) is 0 Å². The van der Waals surface area contributed by atoms with E-state index in [-0.39, 0.29) is 5.91 Å². The van der Waals surface area contributed by atoms with Gasteiger partial charge in [-0.05, 0) is 49.7 Å². The summed E-state index contributed by atoms with van der Waals surface area (Å²) in [6.07, 6.45) is 0. The zero-order valence-electron chi connectivity index (χ0n) is 10.3. The molecule has 18 heavy (non-hydrogen) atoms. The average Bonchev–Trinajstić information content (AvgIpc) is 2.67. The quantitative estimate of drug-likeness (QED) is 0.906. The molecular weight excluding hydrogens is 310 g/mol. The summed E-state index contributed by atoms with van der Waals surface area (Å²) in [5.74, 6) is -0.0359. The number of amides is 1. The summed E-state index contributed by atoms with van der Waals surface area (Å²) in [6.45, 7) is 4.78. The van der Waals surface area contributed by atoms with Crippen molar-refractivity contribution >= 4 is 33.2 Å². The summed E-state index contributed by atoms with van der Waals surface area (Å²) >= 11 is 5.08. The van der Waals surface area contributed by atoms with Crippen molar-refractivity contribution in [3.63, 3.8) is 0 Å². The van der Waals surface area contributed by atoms with Crippen LogP contribution < -0.4 is 5.32 Å². The summed E-state index contributed by atoms with van der Waals surface area (Å²) in [6, 6.07) is 9.49. The van der Waals surface area contributed by atoms with Crippen LogP contribution >= 0.6 is 27.3 Å². The van der Waals surface area contributed by atoms with Gasteiger partial charge in [-0.2, -0.15) is 0 Å². The Hall–Kier alpha value is -1.13. The van der Waals surface area contributed by atoms with Gasteiger partial charge in [-0.25, -0.2) is 0 Å². The molecule has 4 heteroatoms. The second-order valence-electron chi connectivity index (χ2n) is 4.14. The van der Waals surface area contributed by atoms with Crippen LogP contribution in [-0.2, 0) is 6.54 Å². The monoisotopic (exact) mass is 323 g/mol. The first-order valence-electron chi connectivity index (χ1n) is 5.66. The molecule has 0 fully saturated rings. The maximum atomic E-state index is 11.9. The molecule has 0 bridgehead atoms. The average molecular weight is 324 g/mol. The molecule has 1 heterocycles. The highest BCUT2D eigenvalue weighted by atomic mass is 79.9. The predicted molar refractivity (Wildman–Crippen MR) is 79.1 cm³/mol. The fourth-order valence-corrected chi connectivity index (χ4v) is 2.87. The third-order valence-corrected chi connectivity index (χ3v) is 4.43. The van der Waals surface area contributed by atoms with Gasteiger partial charge < -0.3 is 5.32 Å². The van der Waals surface area contributed by atoms with Crippen LogP contribution in [0.4, 0.5) is 0 Å². The molecular formula is C14H14BrNOS. The van der Waals surface area contributed by atoms with E-state index < -0.39 is 0 Å². The molecule has 1 aromatic heterocycles. The van der Waals surface area contributed by atoms with Crippen LogP contribution in [-0.4, -0.2) is 5.91 Å². The summed E-state index contributed by atoms with van der Waals surface area (Å²) in [5, 5.41) is 2.93. The molecule has 2 nitrogen and oxygen atoms in total. The van der Waals surface area contributed by atoms with Crippen molar-refractivity contribution in [2.75, 3.05) is 0 Å². The standard InChI is InChI=1S/C14H14BrNOS/c1-9-7-13(18-10(9)2)8-16-14(17)11-3-5-12(15)6-4-11/h3-7H,8H2,1-2H3,(H,16,17). The van der Waals surface area contributed by atoms with Crippen molar-refractivity contribution < 1.29 is 4.79 Å². The molecule has 0 aliphatic carbocycles. The van der Waals surface area contributed by atoms with Gasteiger partial charge in [0.2, 0.25) is 0 Å². The molecule has 0 aliphatic heterocycles. The van der Waals surface area contributed by atoms with E-state index in [1.165, 1.54) is 15.3 Å².